The molecular weight excluding hydrogens is 376 g/mol. The number of nitrogens with one attached hydrogen (secondary N) is 1. The van der Waals surface area contributed by atoms with Crippen molar-refractivity contribution in [2.24, 2.45) is 0 Å². The first-order valence-corrected chi connectivity index (χ1v) is 10.1. The van der Waals surface area contributed by atoms with Crippen LogP contribution in [-0.4, -0.2) is 25.0 Å². The van der Waals surface area contributed by atoms with E-state index in [1.54, 1.807) is 6.07 Å². The van der Waals surface area contributed by atoms with E-state index in [2.05, 4.69) is 29.6 Å². The van der Waals surface area contributed by atoms with Crippen molar-refractivity contribution in [3.8, 4) is 16.9 Å². The third kappa shape index (κ3) is 4.35. The summed E-state index contributed by atoms with van der Waals surface area (Å²) in [6.07, 6.45) is 0.248. The van der Waals surface area contributed by atoms with Crippen LogP contribution in [0.15, 0.2) is 78.9 Å². The molecule has 0 bridgehead atoms. The topological polar surface area (TPSA) is 58.6 Å². The highest BCUT2D eigenvalue weighted by molar-refractivity contribution is 6.00. The fraction of sp³-hybridized carbons (Fsp3) is 0.200. The molecule has 1 N–H and O–H groups in total. The highest BCUT2D eigenvalue weighted by Crippen LogP contribution is 2.30. The van der Waals surface area contributed by atoms with E-state index in [1.807, 2.05) is 55.5 Å². The lowest BCUT2D eigenvalue weighted by Crippen LogP contribution is -2.41. The zero-order valence-corrected chi connectivity index (χ0v) is 16.9. The summed E-state index contributed by atoms with van der Waals surface area (Å²) < 4.78 is 5.63. The average Bonchev–Trinajstić information content (AvgIpc) is 2.93. The van der Waals surface area contributed by atoms with Crippen molar-refractivity contribution in [2.75, 3.05) is 18.1 Å². The maximum atomic E-state index is 12.7. The number of anilines is 1. The number of fused-ring (bicyclic) bond motifs is 1. The molecule has 30 heavy (non-hydrogen) atoms. The molecule has 0 aliphatic carbocycles. The van der Waals surface area contributed by atoms with Crippen molar-refractivity contribution in [3.63, 3.8) is 0 Å². The van der Waals surface area contributed by atoms with Gasteiger partial charge in [-0.1, -0.05) is 66.7 Å². The normalized spacial score (nSPS) is 14.3. The molecule has 3 aromatic rings. The smallest absolute Gasteiger partial charge is 0.240 e. The predicted molar refractivity (Wildman–Crippen MR) is 117 cm³/mol. The minimum absolute atomic E-state index is 0.0361. The molecule has 0 saturated heterocycles. The lowest BCUT2D eigenvalue weighted by atomic mass is 10.0. The Bertz CT molecular complexity index is 1030. The molecule has 0 aromatic heterocycles. The fourth-order valence-electron chi connectivity index (χ4n) is 3.60. The van der Waals surface area contributed by atoms with Crippen molar-refractivity contribution in [1.82, 2.24) is 5.32 Å². The van der Waals surface area contributed by atoms with Gasteiger partial charge in [0.1, 0.15) is 12.3 Å². The summed E-state index contributed by atoms with van der Waals surface area (Å²) in [7, 11) is 0. The standard InChI is InChI=1S/C25H24N2O3/c1-18(19-11-13-21(14-12-19)20-7-3-2-4-8-20)26-24(28)17-27-22-9-5-6-10-23(22)30-16-15-25(27)29/h2-14,18H,15-17H2,1H3,(H,26,28). The SMILES string of the molecule is CC(NC(=O)CN1C(=O)CCOc2ccccc21)c1ccc(-c2ccccc2)cc1. The van der Waals surface area contributed by atoms with Crippen LogP contribution in [0.1, 0.15) is 24.9 Å². The van der Waals surface area contributed by atoms with Crippen LogP contribution in [0.3, 0.4) is 0 Å². The molecule has 1 aliphatic heterocycles. The minimum atomic E-state index is -0.209. The van der Waals surface area contributed by atoms with Crippen LogP contribution in [0.4, 0.5) is 5.69 Å². The van der Waals surface area contributed by atoms with E-state index in [0.29, 0.717) is 18.0 Å². The van der Waals surface area contributed by atoms with Crippen molar-refractivity contribution in [3.05, 3.63) is 84.4 Å². The summed E-state index contributed by atoms with van der Waals surface area (Å²) in [5.74, 6) is 0.301. The van der Waals surface area contributed by atoms with Gasteiger partial charge in [0.05, 0.1) is 24.8 Å². The van der Waals surface area contributed by atoms with Crippen LogP contribution >= 0.6 is 0 Å². The molecule has 152 valence electrons. The Kier molecular flexibility index (Phi) is 5.80. The summed E-state index contributed by atoms with van der Waals surface area (Å²) in [5.41, 5.74) is 3.93. The van der Waals surface area contributed by atoms with Gasteiger partial charge in [-0.15, -0.1) is 0 Å². The van der Waals surface area contributed by atoms with Crippen LogP contribution in [0.2, 0.25) is 0 Å². The van der Waals surface area contributed by atoms with E-state index < -0.39 is 0 Å². The monoisotopic (exact) mass is 400 g/mol. The molecule has 5 heteroatoms. The molecule has 2 amide bonds. The number of nitrogens with zero attached hydrogens (tertiary/aromatic N) is 1. The number of benzene rings is 3. The van der Waals surface area contributed by atoms with Gasteiger partial charge >= 0.3 is 0 Å². The molecule has 0 saturated carbocycles. The van der Waals surface area contributed by atoms with Crippen molar-refractivity contribution in [2.45, 2.75) is 19.4 Å². The molecule has 1 aliphatic rings. The minimum Gasteiger partial charge on any atom is -0.491 e. The number of amides is 2. The van der Waals surface area contributed by atoms with Crippen LogP contribution in [0, 0.1) is 0 Å². The number of carbonyl (C=O) groups is 2. The Hall–Kier alpha value is -3.60. The van der Waals surface area contributed by atoms with E-state index in [1.165, 1.54) is 4.90 Å². The number of ether oxygens (including phenoxy) is 1. The second-order valence-corrected chi connectivity index (χ2v) is 7.32. The molecule has 3 aromatic carbocycles. The molecule has 4 rings (SSSR count). The van der Waals surface area contributed by atoms with Gasteiger partial charge in [-0.3, -0.25) is 14.5 Å². The van der Waals surface area contributed by atoms with Gasteiger partial charge in [0.25, 0.3) is 0 Å². The highest BCUT2D eigenvalue weighted by Gasteiger charge is 2.25. The summed E-state index contributed by atoms with van der Waals surface area (Å²) in [6, 6.07) is 25.5. The van der Waals surface area contributed by atoms with Gasteiger partial charge in [-0.05, 0) is 35.7 Å². The number of para-hydroxylation sites is 2. The van der Waals surface area contributed by atoms with Crippen molar-refractivity contribution < 1.29 is 14.3 Å². The molecule has 1 atom stereocenters. The Labute approximate surface area is 176 Å². The maximum Gasteiger partial charge on any atom is 0.240 e. The van der Waals surface area contributed by atoms with Crippen LogP contribution in [0.5, 0.6) is 5.75 Å². The van der Waals surface area contributed by atoms with Gasteiger partial charge in [0.15, 0.2) is 0 Å². The van der Waals surface area contributed by atoms with Crippen molar-refractivity contribution >= 4 is 17.5 Å². The maximum absolute atomic E-state index is 12.7. The molecule has 0 radical (unpaired) electrons. The summed E-state index contributed by atoms with van der Waals surface area (Å²) >= 11 is 0. The number of rotatable bonds is 5. The lowest BCUT2D eigenvalue weighted by Gasteiger charge is -2.23. The fourth-order valence-corrected chi connectivity index (χ4v) is 3.60. The molecule has 5 nitrogen and oxygen atoms in total. The van der Waals surface area contributed by atoms with Crippen LogP contribution < -0.4 is 15.0 Å². The molecule has 0 fully saturated rings. The first-order valence-electron chi connectivity index (χ1n) is 10.1. The number of hydrogen-bond donors (Lipinski definition) is 1. The Morgan fingerprint density at radius 1 is 0.967 bits per heavy atom. The van der Waals surface area contributed by atoms with Gasteiger partial charge in [-0.25, -0.2) is 0 Å². The quantitative estimate of drug-likeness (QED) is 0.693. The molecule has 0 spiro atoms. The van der Waals surface area contributed by atoms with E-state index >= 15 is 0 Å². The number of hydrogen-bond acceptors (Lipinski definition) is 3. The zero-order chi connectivity index (χ0) is 20.9. The average molecular weight is 400 g/mol. The first-order chi connectivity index (χ1) is 14.6. The largest absolute Gasteiger partial charge is 0.491 e. The summed E-state index contributed by atoms with van der Waals surface area (Å²) in [5, 5.41) is 3.00. The second-order valence-electron chi connectivity index (χ2n) is 7.32. The Morgan fingerprint density at radius 2 is 1.63 bits per heavy atom. The lowest BCUT2D eigenvalue weighted by molar-refractivity contribution is -0.124. The van der Waals surface area contributed by atoms with Gasteiger partial charge in [0, 0.05) is 0 Å². The highest BCUT2D eigenvalue weighted by atomic mass is 16.5. The van der Waals surface area contributed by atoms with E-state index in [9.17, 15) is 9.59 Å². The molecular formula is C25H24N2O3. The van der Waals surface area contributed by atoms with Gasteiger partial charge in [-0.2, -0.15) is 0 Å². The number of carbonyl (C=O) groups excluding carboxylic acids is 2. The third-order valence-electron chi connectivity index (χ3n) is 5.23. The van der Waals surface area contributed by atoms with Gasteiger partial charge in [0.2, 0.25) is 11.8 Å². The van der Waals surface area contributed by atoms with Gasteiger partial charge < -0.3 is 10.1 Å². The van der Waals surface area contributed by atoms with Crippen LogP contribution in [-0.2, 0) is 9.59 Å². The Balaban J connectivity index is 1.43. The van der Waals surface area contributed by atoms with Crippen LogP contribution in [0.25, 0.3) is 11.1 Å². The molecule has 1 unspecified atom stereocenters. The predicted octanol–water partition coefficient (Wildman–Crippen LogP) is 4.35. The Morgan fingerprint density at radius 3 is 2.40 bits per heavy atom. The van der Waals surface area contributed by atoms with E-state index in [0.717, 1.165) is 16.7 Å². The first kappa shape index (κ1) is 19.7. The van der Waals surface area contributed by atoms with E-state index in [-0.39, 0.29) is 30.8 Å². The zero-order valence-electron chi connectivity index (χ0n) is 16.9. The summed E-state index contributed by atoms with van der Waals surface area (Å²) in [6.45, 7) is 2.22. The second kappa shape index (κ2) is 8.82. The van der Waals surface area contributed by atoms with E-state index in [4.69, 9.17) is 4.74 Å². The molecule has 1 heterocycles. The summed E-state index contributed by atoms with van der Waals surface area (Å²) in [4.78, 5) is 26.7. The third-order valence-corrected chi connectivity index (χ3v) is 5.23. The van der Waals surface area contributed by atoms with Crippen molar-refractivity contribution in [1.29, 1.82) is 0 Å².